The molecule has 0 radical (unpaired) electrons. The second-order valence-electron chi connectivity index (χ2n) is 4.96. The van der Waals surface area contributed by atoms with Crippen molar-refractivity contribution in [3.63, 3.8) is 0 Å². The predicted octanol–water partition coefficient (Wildman–Crippen LogP) is 2.12. The molecule has 0 unspecified atom stereocenters. The molecule has 1 amide bonds. The van der Waals surface area contributed by atoms with Crippen molar-refractivity contribution in [1.82, 2.24) is 5.32 Å². The monoisotopic (exact) mass is 233 g/mol. The lowest BCUT2D eigenvalue weighted by atomic mass is 9.93. The molecule has 1 aromatic carbocycles. The summed E-state index contributed by atoms with van der Waals surface area (Å²) in [5.41, 5.74) is 1.11. The molecule has 1 aliphatic heterocycles. The molecule has 2 rings (SSSR count). The number of carbonyl (C=O) groups is 1. The average molecular weight is 233 g/mol. The van der Waals surface area contributed by atoms with Gasteiger partial charge in [0.15, 0.2) is 6.10 Å². The number of β-lactam (4-membered cyclic amide) rings is 1. The zero-order valence-corrected chi connectivity index (χ0v) is 10.3. The molecule has 92 valence electrons. The van der Waals surface area contributed by atoms with E-state index in [0.29, 0.717) is 12.5 Å². The topological polar surface area (TPSA) is 38.3 Å². The zero-order chi connectivity index (χ0) is 12.3. The quantitative estimate of drug-likeness (QED) is 0.791. The second kappa shape index (κ2) is 5.32. The SMILES string of the molecule is CC(C)C[C@@H]1NC(=O)[C@@H]1OCc1ccccc1. The smallest absolute Gasteiger partial charge is 0.251 e. The first-order chi connectivity index (χ1) is 8.16. The molecule has 1 fully saturated rings. The van der Waals surface area contributed by atoms with Gasteiger partial charge in [0.1, 0.15) is 0 Å². The minimum Gasteiger partial charge on any atom is -0.362 e. The molecule has 3 heteroatoms. The van der Waals surface area contributed by atoms with Gasteiger partial charge < -0.3 is 10.1 Å². The molecule has 3 nitrogen and oxygen atoms in total. The average Bonchev–Trinajstić information content (AvgIpc) is 2.29. The van der Waals surface area contributed by atoms with Crippen molar-refractivity contribution in [2.45, 2.75) is 39.0 Å². The summed E-state index contributed by atoms with van der Waals surface area (Å²) < 4.78 is 5.68. The molecule has 17 heavy (non-hydrogen) atoms. The highest BCUT2D eigenvalue weighted by Gasteiger charge is 2.40. The summed E-state index contributed by atoms with van der Waals surface area (Å²) in [6.45, 7) is 4.81. The largest absolute Gasteiger partial charge is 0.362 e. The number of benzene rings is 1. The molecule has 2 atom stereocenters. The third-order valence-corrected chi connectivity index (χ3v) is 2.95. The number of hydrogen-bond donors (Lipinski definition) is 1. The van der Waals surface area contributed by atoms with Crippen LogP contribution in [0.5, 0.6) is 0 Å². The Morgan fingerprint density at radius 3 is 2.59 bits per heavy atom. The van der Waals surface area contributed by atoms with Crippen molar-refractivity contribution in [1.29, 1.82) is 0 Å². The fourth-order valence-corrected chi connectivity index (χ4v) is 2.07. The maximum atomic E-state index is 11.4. The highest BCUT2D eigenvalue weighted by atomic mass is 16.5. The number of nitrogens with one attached hydrogen (secondary N) is 1. The maximum Gasteiger partial charge on any atom is 0.251 e. The summed E-state index contributed by atoms with van der Waals surface area (Å²) in [7, 11) is 0. The fourth-order valence-electron chi connectivity index (χ4n) is 2.07. The van der Waals surface area contributed by atoms with Crippen LogP contribution in [-0.4, -0.2) is 18.1 Å². The van der Waals surface area contributed by atoms with Crippen LogP contribution in [0, 0.1) is 5.92 Å². The first kappa shape index (κ1) is 12.1. The van der Waals surface area contributed by atoms with Crippen LogP contribution in [-0.2, 0) is 16.1 Å². The number of carbonyl (C=O) groups excluding carboxylic acids is 1. The van der Waals surface area contributed by atoms with E-state index in [1.807, 2.05) is 30.3 Å². The fraction of sp³-hybridized carbons (Fsp3) is 0.500. The second-order valence-corrected chi connectivity index (χ2v) is 4.96. The van der Waals surface area contributed by atoms with E-state index in [1.165, 1.54) is 0 Å². The van der Waals surface area contributed by atoms with E-state index >= 15 is 0 Å². The van der Waals surface area contributed by atoms with Gasteiger partial charge in [-0.15, -0.1) is 0 Å². The van der Waals surface area contributed by atoms with Gasteiger partial charge in [0, 0.05) is 0 Å². The summed E-state index contributed by atoms with van der Waals surface area (Å²) in [4.78, 5) is 11.4. The lowest BCUT2D eigenvalue weighted by Gasteiger charge is -2.37. The maximum absolute atomic E-state index is 11.4. The Kier molecular flexibility index (Phi) is 3.79. The Morgan fingerprint density at radius 2 is 2.00 bits per heavy atom. The molecule has 0 aliphatic carbocycles. The first-order valence-electron chi connectivity index (χ1n) is 6.12. The van der Waals surface area contributed by atoms with Gasteiger partial charge in [-0.05, 0) is 17.9 Å². The summed E-state index contributed by atoms with van der Waals surface area (Å²) in [5.74, 6) is 0.593. The molecular weight excluding hydrogens is 214 g/mol. The standard InChI is InChI=1S/C14H19NO2/c1-10(2)8-12-13(14(16)15-12)17-9-11-6-4-3-5-7-11/h3-7,10,12-13H,8-9H2,1-2H3,(H,15,16)/t12-,13+/m0/s1. The number of ether oxygens (including phenoxy) is 1. The van der Waals surface area contributed by atoms with Crippen LogP contribution in [0.2, 0.25) is 0 Å². The van der Waals surface area contributed by atoms with E-state index in [4.69, 9.17) is 4.74 Å². The lowest BCUT2D eigenvalue weighted by molar-refractivity contribution is -0.150. The van der Waals surface area contributed by atoms with Gasteiger partial charge in [0.25, 0.3) is 5.91 Å². The summed E-state index contributed by atoms with van der Waals surface area (Å²) in [5, 5.41) is 2.90. The molecule has 0 saturated carbocycles. The molecule has 1 saturated heterocycles. The molecular formula is C14H19NO2. The number of amides is 1. The summed E-state index contributed by atoms with van der Waals surface area (Å²) >= 11 is 0. The van der Waals surface area contributed by atoms with E-state index < -0.39 is 0 Å². The van der Waals surface area contributed by atoms with Crippen LogP contribution >= 0.6 is 0 Å². The number of rotatable bonds is 5. The van der Waals surface area contributed by atoms with Gasteiger partial charge in [0.2, 0.25) is 0 Å². The zero-order valence-electron chi connectivity index (χ0n) is 10.3. The third kappa shape index (κ3) is 3.07. The van der Waals surface area contributed by atoms with Crippen molar-refractivity contribution in [3.8, 4) is 0 Å². The van der Waals surface area contributed by atoms with Gasteiger partial charge in [-0.25, -0.2) is 0 Å². The Hall–Kier alpha value is -1.35. The molecule has 1 aromatic rings. The van der Waals surface area contributed by atoms with Gasteiger partial charge >= 0.3 is 0 Å². The van der Waals surface area contributed by atoms with Gasteiger partial charge in [0.05, 0.1) is 12.6 Å². The molecule has 1 aliphatic rings. The van der Waals surface area contributed by atoms with Crippen molar-refractivity contribution in [2.75, 3.05) is 0 Å². The van der Waals surface area contributed by atoms with Crippen LogP contribution in [0.4, 0.5) is 0 Å². The van der Waals surface area contributed by atoms with Crippen LogP contribution in [0.1, 0.15) is 25.8 Å². The number of hydrogen-bond acceptors (Lipinski definition) is 2. The van der Waals surface area contributed by atoms with Crippen molar-refractivity contribution in [2.24, 2.45) is 5.92 Å². The van der Waals surface area contributed by atoms with Crippen molar-refractivity contribution >= 4 is 5.91 Å². The summed E-state index contributed by atoms with van der Waals surface area (Å²) in [6.07, 6.45) is 0.711. The highest BCUT2D eigenvalue weighted by Crippen LogP contribution is 2.19. The van der Waals surface area contributed by atoms with Crippen LogP contribution in [0.15, 0.2) is 30.3 Å². The van der Waals surface area contributed by atoms with Crippen molar-refractivity contribution in [3.05, 3.63) is 35.9 Å². The van der Waals surface area contributed by atoms with E-state index in [2.05, 4.69) is 19.2 Å². The first-order valence-corrected chi connectivity index (χ1v) is 6.12. The van der Waals surface area contributed by atoms with Gasteiger partial charge in [-0.1, -0.05) is 44.2 Å². The minimum atomic E-state index is -0.266. The highest BCUT2D eigenvalue weighted by molar-refractivity contribution is 5.88. The van der Waals surface area contributed by atoms with Crippen LogP contribution in [0.3, 0.4) is 0 Å². The van der Waals surface area contributed by atoms with Crippen molar-refractivity contribution < 1.29 is 9.53 Å². The van der Waals surface area contributed by atoms with E-state index in [9.17, 15) is 4.79 Å². The molecule has 1 N–H and O–H groups in total. The van der Waals surface area contributed by atoms with E-state index in [-0.39, 0.29) is 18.1 Å². The predicted molar refractivity (Wildman–Crippen MR) is 66.4 cm³/mol. The molecule has 0 aromatic heterocycles. The Balaban J connectivity index is 1.84. The molecule has 1 heterocycles. The molecule has 0 spiro atoms. The Labute approximate surface area is 102 Å². The van der Waals surface area contributed by atoms with E-state index in [0.717, 1.165) is 12.0 Å². The minimum absolute atomic E-state index is 0.0200. The Bertz CT molecular complexity index is 375. The van der Waals surface area contributed by atoms with E-state index in [1.54, 1.807) is 0 Å². The normalized spacial score (nSPS) is 23.4. The summed E-state index contributed by atoms with van der Waals surface area (Å²) in [6, 6.07) is 10.1. The third-order valence-electron chi connectivity index (χ3n) is 2.95. The van der Waals surface area contributed by atoms with Crippen LogP contribution < -0.4 is 5.32 Å². The van der Waals surface area contributed by atoms with Crippen LogP contribution in [0.25, 0.3) is 0 Å². The van der Waals surface area contributed by atoms with Gasteiger partial charge in [-0.3, -0.25) is 4.79 Å². The molecule has 0 bridgehead atoms. The lowest BCUT2D eigenvalue weighted by Crippen LogP contribution is -2.63. The van der Waals surface area contributed by atoms with Gasteiger partial charge in [-0.2, -0.15) is 0 Å². The Morgan fingerprint density at radius 1 is 1.29 bits per heavy atom.